The minimum absolute atomic E-state index is 0.00500. The molecule has 0 N–H and O–H groups in total. The standard InChI is InChI=1S/C49H59N3O12Si/c1-31(2)49(3,4)65(6,7)64-48-43(60-44(53)34-24-16-10-17-25-34)40(57-29-33-22-14-9-15-23-33)41(42(63-48)45(54)55-5)62-47-37(51-52-50)39(56-28-32-20-12-8-13-21-32)38-36(59-47)30-58-46(61-38)35-26-18-11-19-27-35/h8-27,31,36-43,46-48H,28-30H2,1-7H3/t36-,37-,38-,39-,40+,41+,42-,43-,46-,47-,48-/m1/s1. The van der Waals surface area contributed by atoms with E-state index in [1.165, 1.54) is 7.11 Å². The number of azide groups is 1. The van der Waals surface area contributed by atoms with Gasteiger partial charge in [-0.2, -0.15) is 0 Å². The average molecular weight is 910 g/mol. The Morgan fingerprint density at radius 1 is 0.769 bits per heavy atom. The highest BCUT2D eigenvalue weighted by Crippen LogP contribution is 2.47. The quantitative estimate of drug-likeness (QED) is 0.0324. The molecule has 7 rings (SSSR count). The zero-order valence-electron chi connectivity index (χ0n) is 37.8. The molecule has 15 nitrogen and oxygen atoms in total. The molecule has 0 bridgehead atoms. The monoisotopic (exact) mass is 909 g/mol. The lowest BCUT2D eigenvalue weighted by Crippen LogP contribution is -2.68. The normalized spacial score (nSPS) is 28.1. The van der Waals surface area contributed by atoms with Gasteiger partial charge in [-0.15, -0.1) is 0 Å². The van der Waals surface area contributed by atoms with Gasteiger partial charge in [0, 0.05) is 10.5 Å². The molecule has 3 saturated heterocycles. The van der Waals surface area contributed by atoms with E-state index in [-0.39, 0.29) is 36.3 Å². The second kappa shape index (κ2) is 21.6. The Morgan fingerprint density at radius 2 is 1.34 bits per heavy atom. The lowest BCUT2D eigenvalue weighted by Gasteiger charge is -2.52. The van der Waals surface area contributed by atoms with Crippen molar-refractivity contribution in [2.45, 2.75) is 127 Å². The summed E-state index contributed by atoms with van der Waals surface area (Å²) in [6.07, 6.45) is -11.6. The minimum Gasteiger partial charge on any atom is -0.467 e. The molecule has 346 valence electrons. The third kappa shape index (κ3) is 11.2. The number of benzene rings is 4. The number of esters is 2. The first-order valence-corrected chi connectivity index (χ1v) is 24.9. The van der Waals surface area contributed by atoms with Crippen LogP contribution in [-0.4, -0.2) is 95.3 Å². The summed E-state index contributed by atoms with van der Waals surface area (Å²) in [7, 11) is -1.58. The summed E-state index contributed by atoms with van der Waals surface area (Å²) in [5, 5.41) is 3.89. The highest BCUT2D eigenvalue weighted by Gasteiger charge is 2.59. The first-order valence-electron chi connectivity index (χ1n) is 22.0. The maximum Gasteiger partial charge on any atom is 0.338 e. The number of carbonyl (C=O) groups is 2. The third-order valence-corrected chi connectivity index (χ3v) is 17.5. The van der Waals surface area contributed by atoms with Crippen LogP contribution in [0.4, 0.5) is 0 Å². The zero-order chi connectivity index (χ0) is 46.1. The molecule has 3 fully saturated rings. The zero-order valence-corrected chi connectivity index (χ0v) is 38.8. The molecule has 0 amide bonds. The summed E-state index contributed by atoms with van der Waals surface area (Å²) in [6, 6.07) is 35.7. The van der Waals surface area contributed by atoms with Crippen molar-refractivity contribution in [2.75, 3.05) is 13.7 Å². The lowest BCUT2D eigenvalue weighted by molar-refractivity contribution is -0.369. The molecule has 3 aliphatic rings. The van der Waals surface area contributed by atoms with Gasteiger partial charge in [0.2, 0.25) is 0 Å². The molecular weight excluding hydrogens is 851 g/mol. The van der Waals surface area contributed by atoms with E-state index in [0.717, 1.165) is 16.7 Å². The highest BCUT2D eigenvalue weighted by molar-refractivity contribution is 6.74. The fourth-order valence-electron chi connectivity index (χ4n) is 8.09. The van der Waals surface area contributed by atoms with Crippen LogP contribution in [0.25, 0.3) is 10.4 Å². The molecule has 0 unspecified atom stereocenters. The summed E-state index contributed by atoms with van der Waals surface area (Å²) >= 11 is 0. The van der Waals surface area contributed by atoms with Crippen molar-refractivity contribution in [3.63, 3.8) is 0 Å². The topological polar surface area (TPSA) is 175 Å². The van der Waals surface area contributed by atoms with Crippen LogP contribution >= 0.6 is 0 Å². The van der Waals surface area contributed by atoms with E-state index >= 15 is 0 Å². The minimum atomic E-state index is -2.82. The van der Waals surface area contributed by atoms with E-state index in [0.29, 0.717) is 0 Å². The van der Waals surface area contributed by atoms with Gasteiger partial charge in [0.05, 0.1) is 32.5 Å². The van der Waals surface area contributed by atoms with Gasteiger partial charge >= 0.3 is 11.9 Å². The second-order valence-electron chi connectivity index (χ2n) is 17.7. The van der Waals surface area contributed by atoms with E-state index in [4.69, 9.17) is 47.1 Å². The van der Waals surface area contributed by atoms with Crippen molar-refractivity contribution < 1.29 is 56.6 Å². The summed E-state index contributed by atoms with van der Waals surface area (Å²) in [5.74, 6) is -1.30. The molecule has 4 aromatic rings. The van der Waals surface area contributed by atoms with Gasteiger partial charge in [0.15, 0.2) is 39.4 Å². The van der Waals surface area contributed by atoms with E-state index in [9.17, 15) is 15.1 Å². The maximum atomic E-state index is 14.1. The van der Waals surface area contributed by atoms with Crippen molar-refractivity contribution in [3.8, 4) is 0 Å². The smallest absolute Gasteiger partial charge is 0.338 e. The van der Waals surface area contributed by atoms with Crippen molar-refractivity contribution >= 4 is 20.3 Å². The number of nitrogens with zero attached hydrogens (tertiary/aromatic N) is 3. The van der Waals surface area contributed by atoms with Gasteiger partial charge in [0.25, 0.3) is 0 Å². The fourth-order valence-corrected chi connectivity index (χ4v) is 10.6. The van der Waals surface area contributed by atoms with Crippen LogP contribution in [0.3, 0.4) is 0 Å². The average Bonchev–Trinajstić information content (AvgIpc) is 3.32. The van der Waals surface area contributed by atoms with Gasteiger partial charge < -0.3 is 47.1 Å². The maximum absolute atomic E-state index is 14.1. The first kappa shape index (κ1) is 48.0. The third-order valence-electron chi connectivity index (χ3n) is 13.0. The predicted octanol–water partition coefficient (Wildman–Crippen LogP) is 8.84. The summed E-state index contributed by atoms with van der Waals surface area (Å²) in [4.78, 5) is 31.5. The highest BCUT2D eigenvalue weighted by atomic mass is 28.4. The van der Waals surface area contributed by atoms with Crippen LogP contribution in [0.5, 0.6) is 0 Å². The van der Waals surface area contributed by atoms with Gasteiger partial charge in [-0.3, -0.25) is 0 Å². The molecule has 16 heteroatoms. The Labute approximate surface area is 381 Å². The summed E-state index contributed by atoms with van der Waals surface area (Å²) in [5.41, 5.74) is 12.8. The number of hydrogen-bond acceptors (Lipinski definition) is 13. The van der Waals surface area contributed by atoms with E-state index in [1.807, 2.05) is 91.0 Å². The van der Waals surface area contributed by atoms with Crippen LogP contribution in [0.2, 0.25) is 18.1 Å². The van der Waals surface area contributed by atoms with Crippen LogP contribution in [0.15, 0.2) is 126 Å². The van der Waals surface area contributed by atoms with Gasteiger partial charge in [-0.25, -0.2) is 9.59 Å². The molecule has 0 aliphatic carbocycles. The number of carbonyl (C=O) groups excluding carboxylic acids is 2. The Morgan fingerprint density at radius 3 is 1.91 bits per heavy atom. The number of rotatable bonds is 17. The number of fused-ring (bicyclic) bond motifs is 1. The second-order valence-corrected chi connectivity index (χ2v) is 22.3. The van der Waals surface area contributed by atoms with E-state index < -0.39 is 87.9 Å². The Balaban J connectivity index is 1.30. The SMILES string of the molecule is COC(=O)[C@@H]1O[C@H](O[Si](C)(C)C(C)(C)C(C)C)[C@H](OC(=O)c2ccccc2)[C@@H](OCc2ccccc2)[C@@H]1O[C@H]1O[C@@H]2CO[C@@H](c3ccccc3)O[C@H]2[C@H](OCc2ccccc2)[C@H]1N=[N+]=[N-]. The Bertz CT molecular complexity index is 2200. The van der Waals surface area contributed by atoms with Crippen molar-refractivity contribution in [2.24, 2.45) is 11.0 Å². The predicted molar refractivity (Wildman–Crippen MR) is 240 cm³/mol. The summed E-state index contributed by atoms with van der Waals surface area (Å²) in [6.45, 7) is 12.8. The number of methoxy groups -OCH3 is 1. The van der Waals surface area contributed by atoms with Gasteiger partial charge in [0.1, 0.15) is 36.6 Å². The molecular formula is C49H59N3O12Si. The molecule has 65 heavy (non-hydrogen) atoms. The van der Waals surface area contributed by atoms with E-state index in [2.05, 4.69) is 50.8 Å². The lowest BCUT2D eigenvalue weighted by atomic mass is 9.94. The van der Waals surface area contributed by atoms with Gasteiger partial charge in [-0.05, 0) is 52.8 Å². The molecule has 3 aliphatic heterocycles. The fraction of sp³-hybridized carbons (Fsp3) is 0.469. The Kier molecular flexibility index (Phi) is 15.9. The Hall–Kier alpha value is -4.97. The number of hydrogen-bond donors (Lipinski definition) is 0. The van der Waals surface area contributed by atoms with Crippen molar-refractivity contribution in [1.29, 1.82) is 0 Å². The molecule has 11 atom stereocenters. The van der Waals surface area contributed by atoms with Crippen molar-refractivity contribution in [3.05, 3.63) is 154 Å². The van der Waals surface area contributed by atoms with Crippen LogP contribution in [0, 0.1) is 5.92 Å². The van der Waals surface area contributed by atoms with Crippen LogP contribution in [-0.2, 0) is 65.1 Å². The molecule has 0 aromatic heterocycles. The number of ether oxygens (including phenoxy) is 9. The van der Waals surface area contributed by atoms with Crippen LogP contribution < -0.4 is 0 Å². The summed E-state index contributed by atoms with van der Waals surface area (Å²) < 4.78 is 65.2. The molecule has 0 spiro atoms. The molecule has 3 heterocycles. The first-order chi connectivity index (χ1) is 31.3. The molecule has 4 aromatic carbocycles. The van der Waals surface area contributed by atoms with Crippen LogP contribution in [0.1, 0.15) is 61.0 Å². The van der Waals surface area contributed by atoms with Crippen molar-refractivity contribution in [1.82, 2.24) is 0 Å². The van der Waals surface area contributed by atoms with E-state index in [1.54, 1.807) is 30.3 Å². The largest absolute Gasteiger partial charge is 0.467 e. The molecule has 0 radical (unpaired) electrons. The molecule has 0 saturated carbocycles. The van der Waals surface area contributed by atoms with Gasteiger partial charge in [-0.1, -0.05) is 142 Å².